The molecule has 3 N–H and O–H groups in total. The molecule has 2 aliphatic rings. The number of rotatable bonds is 10. The van der Waals surface area contributed by atoms with Crippen LogP contribution in [0.3, 0.4) is 0 Å². The fourth-order valence-electron chi connectivity index (χ4n) is 5.13. The van der Waals surface area contributed by atoms with Crippen molar-refractivity contribution in [2.75, 3.05) is 38.0 Å². The number of likely N-dealkylation sites (tertiary alicyclic amines) is 1. The maximum atomic E-state index is 12.8. The summed E-state index contributed by atoms with van der Waals surface area (Å²) in [5.41, 5.74) is 3.82. The summed E-state index contributed by atoms with van der Waals surface area (Å²) in [6.07, 6.45) is 4.08. The van der Waals surface area contributed by atoms with Crippen LogP contribution in [0.15, 0.2) is 59.5 Å². The highest BCUT2D eigenvalue weighted by atomic mass is 16.5. The zero-order chi connectivity index (χ0) is 27.2. The van der Waals surface area contributed by atoms with E-state index in [-0.39, 0.29) is 24.4 Å². The SMILES string of the molecule is CC(=O)N1CCC(Nc2cccc(C(=O)NC[C@H](O)CN3CCc4cc(OCc5cnco5)ccc4C3)c2)C1. The molecule has 2 amide bonds. The van der Waals surface area contributed by atoms with E-state index in [0.717, 1.165) is 43.9 Å². The van der Waals surface area contributed by atoms with Crippen LogP contribution in [0.25, 0.3) is 0 Å². The number of nitrogens with zero attached hydrogens (tertiary/aromatic N) is 3. The van der Waals surface area contributed by atoms with Gasteiger partial charge in [0.1, 0.15) is 12.4 Å². The summed E-state index contributed by atoms with van der Waals surface area (Å²) in [4.78, 5) is 32.3. The van der Waals surface area contributed by atoms with Crippen LogP contribution >= 0.6 is 0 Å². The van der Waals surface area contributed by atoms with Crippen LogP contribution in [0.2, 0.25) is 0 Å². The number of anilines is 1. The van der Waals surface area contributed by atoms with Crippen LogP contribution in [0, 0.1) is 0 Å². The lowest BCUT2D eigenvalue weighted by molar-refractivity contribution is -0.127. The lowest BCUT2D eigenvalue weighted by Crippen LogP contribution is -2.42. The number of hydrogen-bond acceptors (Lipinski definition) is 8. The molecule has 3 heterocycles. The predicted octanol–water partition coefficient (Wildman–Crippen LogP) is 2.44. The summed E-state index contributed by atoms with van der Waals surface area (Å²) in [7, 11) is 0. The minimum atomic E-state index is -0.683. The van der Waals surface area contributed by atoms with Crippen LogP contribution in [0.4, 0.5) is 5.69 Å². The van der Waals surface area contributed by atoms with Gasteiger partial charge in [0.05, 0.1) is 12.3 Å². The van der Waals surface area contributed by atoms with Crippen LogP contribution in [0.1, 0.15) is 40.6 Å². The largest absolute Gasteiger partial charge is 0.486 e. The Hall–Kier alpha value is -3.89. The fourth-order valence-corrected chi connectivity index (χ4v) is 5.13. The molecule has 39 heavy (non-hydrogen) atoms. The van der Waals surface area contributed by atoms with Crippen molar-refractivity contribution in [3.8, 4) is 5.75 Å². The molecule has 2 aromatic carbocycles. The number of aliphatic hydroxyl groups is 1. The number of β-amino-alcohol motifs (C(OH)–C–C–N with tert-alkyl or cyclic N) is 1. The van der Waals surface area contributed by atoms with Crippen molar-refractivity contribution < 1.29 is 23.8 Å². The van der Waals surface area contributed by atoms with E-state index in [1.54, 1.807) is 19.2 Å². The van der Waals surface area contributed by atoms with E-state index in [1.807, 2.05) is 29.2 Å². The minimum Gasteiger partial charge on any atom is -0.486 e. The molecule has 1 unspecified atom stereocenters. The van der Waals surface area contributed by atoms with E-state index in [1.165, 1.54) is 17.5 Å². The van der Waals surface area contributed by atoms with Crippen molar-refractivity contribution in [1.29, 1.82) is 0 Å². The second-order valence-electron chi connectivity index (χ2n) is 10.2. The fraction of sp³-hybridized carbons (Fsp3) is 0.414. The smallest absolute Gasteiger partial charge is 0.251 e. The van der Waals surface area contributed by atoms with Crippen LogP contribution in [-0.4, -0.2) is 76.6 Å². The Morgan fingerprint density at radius 3 is 2.90 bits per heavy atom. The highest BCUT2D eigenvalue weighted by Crippen LogP contribution is 2.25. The first-order valence-corrected chi connectivity index (χ1v) is 13.4. The monoisotopic (exact) mass is 533 g/mol. The summed E-state index contributed by atoms with van der Waals surface area (Å²) in [6.45, 7) is 5.53. The highest BCUT2D eigenvalue weighted by Gasteiger charge is 2.24. The predicted molar refractivity (Wildman–Crippen MR) is 145 cm³/mol. The van der Waals surface area contributed by atoms with Gasteiger partial charge in [0, 0.05) is 63.5 Å². The third-order valence-corrected chi connectivity index (χ3v) is 7.23. The van der Waals surface area contributed by atoms with Gasteiger partial charge in [-0.2, -0.15) is 0 Å². The standard InChI is InChI=1S/C29H35N5O5/c1-20(35)34-10-8-25(16-34)32-24-4-2-3-22(11-24)29(37)31-13-26(36)17-33-9-7-21-12-27(6-5-23(21)15-33)38-18-28-14-30-19-39-28/h2-6,11-12,14,19,25-26,32,36H,7-10,13,15-18H2,1H3,(H,31,37)/t25?,26-/m0/s1. The van der Waals surface area contributed by atoms with Gasteiger partial charge in [-0.1, -0.05) is 12.1 Å². The Labute approximate surface area is 228 Å². The molecule has 0 aliphatic carbocycles. The normalized spacial score (nSPS) is 17.9. The maximum absolute atomic E-state index is 12.8. The summed E-state index contributed by atoms with van der Waals surface area (Å²) in [6, 6.07) is 13.6. The van der Waals surface area contributed by atoms with Crippen molar-refractivity contribution >= 4 is 17.5 Å². The van der Waals surface area contributed by atoms with Crippen molar-refractivity contribution in [2.45, 2.75) is 45.1 Å². The number of carbonyl (C=O) groups excluding carboxylic acids is 2. The topological polar surface area (TPSA) is 120 Å². The van der Waals surface area contributed by atoms with Crippen LogP contribution < -0.4 is 15.4 Å². The number of amides is 2. The zero-order valence-electron chi connectivity index (χ0n) is 22.1. The lowest BCUT2D eigenvalue weighted by Gasteiger charge is -2.30. The summed E-state index contributed by atoms with van der Waals surface area (Å²) in [5, 5.41) is 16.9. The lowest BCUT2D eigenvalue weighted by atomic mass is 9.99. The van der Waals surface area contributed by atoms with Gasteiger partial charge in [0.25, 0.3) is 5.91 Å². The molecule has 0 saturated carbocycles. The molecule has 2 aliphatic heterocycles. The molecule has 5 rings (SSSR count). The quantitative estimate of drug-likeness (QED) is 0.364. The zero-order valence-corrected chi connectivity index (χ0v) is 22.1. The second-order valence-corrected chi connectivity index (χ2v) is 10.2. The molecule has 0 bridgehead atoms. The average Bonchev–Trinajstić information content (AvgIpc) is 3.63. The molecule has 206 valence electrons. The summed E-state index contributed by atoms with van der Waals surface area (Å²) >= 11 is 0. The Morgan fingerprint density at radius 1 is 1.21 bits per heavy atom. The van der Waals surface area contributed by atoms with E-state index in [4.69, 9.17) is 9.15 Å². The average molecular weight is 534 g/mol. The Balaban J connectivity index is 1.06. The first-order valence-electron chi connectivity index (χ1n) is 13.4. The van der Waals surface area contributed by atoms with E-state index in [9.17, 15) is 14.7 Å². The first kappa shape index (κ1) is 26.7. The van der Waals surface area contributed by atoms with Crippen molar-refractivity contribution in [2.24, 2.45) is 0 Å². The molecule has 1 fully saturated rings. The maximum Gasteiger partial charge on any atom is 0.251 e. The third-order valence-electron chi connectivity index (χ3n) is 7.23. The third kappa shape index (κ3) is 7.15. The van der Waals surface area contributed by atoms with Gasteiger partial charge in [-0.25, -0.2) is 4.98 Å². The van der Waals surface area contributed by atoms with Crippen molar-refractivity contribution in [3.63, 3.8) is 0 Å². The molecule has 3 aromatic rings. The van der Waals surface area contributed by atoms with E-state index in [0.29, 0.717) is 31.0 Å². The van der Waals surface area contributed by atoms with Crippen molar-refractivity contribution in [1.82, 2.24) is 20.1 Å². The minimum absolute atomic E-state index is 0.0821. The molecule has 1 aromatic heterocycles. The molecule has 2 atom stereocenters. The van der Waals surface area contributed by atoms with Crippen LogP contribution in [0.5, 0.6) is 5.75 Å². The van der Waals surface area contributed by atoms with Gasteiger partial charge in [-0.15, -0.1) is 0 Å². The Morgan fingerprint density at radius 2 is 2.10 bits per heavy atom. The number of hydrogen-bond donors (Lipinski definition) is 3. The van der Waals surface area contributed by atoms with Crippen LogP contribution in [-0.2, 0) is 24.4 Å². The van der Waals surface area contributed by atoms with E-state index < -0.39 is 6.10 Å². The number of aliphatic hydroxyl groups excluding tert-OH is 1. The number of oxazole rings is 1. The number of fused-ring (bicyclic) bond motifs is 1. The molecule has 10 heteroatoms. The molecule has 1 saturated heterocycles. The molecule has 0 spiro atoms. The van der Waals surface area contributed by atoms with Gasteiger partial charge in [0.2, 0.25) is 5.91 Å². The number of ether oxygens (including phenoxy) is 1. The molecular formula is C29H35N5O5. The Bertz CT molecular complexity index is 1280. The molecule has 10 nitrogen and oxygen atoms in total. The number of benzene rings is 2. The highest BCUT2D eigenvalue weighted by molar-refractivity contribution is 5.95. The summed E-state index contributed by atoms with van der Waals surface area (Å²) in [5.74, 6) is 1.33. The second kappa shape index (κ2) is 12.3. The van der Waals surface area contributed by atoms with E-state index >= 15 is 0 Å². The molecular weight excluding hydrogens is 498 g/mol. The molecule has 0 radical (unpaired) electrons. The van der Waals surface area contributed by atoms with Gasteiger partial charge in [-0.3, -0.25) is 14.5 Å². The number of aromatic nitrogens is 1. The summed E-state index contributed by atoms with van der Waals surface area (Å²) < 4.78 is 11.0. The Kier molecular flexibility index (Phi) is 8.43. The number of carbonyl (C=O) groups is 2. The van der Waals surface area contributed by atoms with Crippen molar-refractivity contribution in [3.05, 3.63) is 77.5 Å². The first-order chi connectivity index (χ1) is 18.9. The number of nitrogens with one attached hydrogen (secondary N) is 2. The van der Waals surface area contributed by atoms with Gasteiger partial charge >= 0.3 is 0 Å². The van der Waals surface area contributed by atoms with Gasteiger partial charge in [-0.05, 0) is 54.3 Å². The van der Waals surface area contributed by atoms with Gasteiger partial charge in [0.15, 0.2) is 12.2 Å². The van der Waals surface area contributed by atoms with E-state index in [2.05, 4.69) is 32.7 Å². The van der Waals surface area contributed by atoms with Gasteiger partial charge < -0.3 is 29.8 Å².